The van der Waals surface area contributed by atoms with Crippen LogP contribution >= 0.6 is 6.72 Å². The smallest absolute Gasteiger partial charge is 0.324 e. The van der Waals surface area contributed by atoms with E-state index in [0.29, 0.717) is 0 Å². The van der Waals surface area contributed by atoms with Crippen LogP contribution in [0.4, 0.5) is 0 Å². The number of carbonyl (C=O) groups is 1. The molecule has 0 aliphatic carbocycles. The van der Waals surface area contributed by atoms with Crippen LogP contribution in [0.5, 0.6) is 0 Å². The summed E-state index contributed by atoms with van der Waals surface area (Å²) in [4.78, 5) is 19.8. The van der Waals surface area contributed by atoms with Crippen molar-refractivity contribution in [1.29, 1.82) is 0 Å². The molecule has 1 atom stereocenters. The predicted octanol–water partition coefficient (Wildman–Crippen LogP) is -0.371. The zero-order chi connectivity index (χ0) is 11.0. The second-order valence-electron chi connectivity index (χ2n) is 2.21. The topological polar surface area (TPSA) is 77.0 Å². The van der Waals surface area contributed by atoms with Crippen molar-refractivity contribution in [3.05, 3.63) is 0 Å². The van der Waals surface area contributed by atoms with Crippen LogP contribution in [0, 0.1) is 0 Å². The van der Waals surface area contributed by atoms with Crippen molar-refractivity contribution in [2.75, 3.05) is 34.0 Å². The lowest BCUT2D eigenvalue weighted by Crippen LogP contribution is -2.24. The van der Waals surface area contributed by atoms with Gasteiger partial charge in [0.2, 0.25) is 5.91 Å². The van der Waals surface area contributed by atoms with Crippen LogP contribution in [0.25, 0.3) is 0 Å². The van der Waals surface area contributed by atoms with Crippen molar-refractivity contribution in [2.24, 2.45) is 0 Å². The molecule has 1 unspecified atom stereocenters. The molecule has 84 valence electrons. The summed E-state index contributed by atoms with van der Waals surface area (Å²) in [7, 11) is 2.78. The summed E-state index contributed by atoms with van der Waals surface area (Å²) in [5, 5.41) is 2.39. The number of hydrogen-bond acceptors (Lipinski definition) is 5. The Morgan fingerprint density at radius 3 is 2.71 bits per heavy atom. The zero-order valence-electron chi connectivity index (χ0n) is 8.06. The van der Waals surface area contributed by atoms with Crippen LogP contribution in [0.3, 0.4) is 0 Å². The molecule has 6 nitrogen and oxygen atoms in total. The molecule has 0 saturated heterocycles. The van der Waals surface area contributed by atoms with Gasteiger partial charge in [0.25, 0.3) is 0 Å². The Hall–Kier alpha value is -0.0400. The van der Waals surface area contributed by atoms with Gasteiger partial charge in [0, 0.05) is 14.2 Å². The summed E-state index contributed by atoms with van der Waals surface area (Å²) < 4.78 is 14.2. The Balaban J connectivity index is 3.39. The fraction of sp³-hybridized carbons (Fsp3) is 0.833. The molecule has 0 radical (unpaired) electrons. The summed E-state index contributed by atoms with van der Waals surface area (Å²) in [5.74, 6) is -0.222. The highest BCUT2D eigenvalue weighted by Gasteiger charge is 2.11. The number of rotatable bonds is 7. The first kappa shape index (κ1) is 14.0. The van der Waals surface area contributed by atoms with Gasteiger partial charge in [0.1, 0.15) is 6.61 Å². The fourth-order valence-corrected chi connectivity index (χ4v) is 1.14. The van der Waals surface area contributed by atoms with E-state index < -0.39 is 6.72 Å². The molecule has 8 heteroatoms. The molecule has 0 spiro atoms. The van der Waals surface area contributed by atoms with E-state index in [9.17, 15) is 4.79 Å². The van der Waals surface area contributed by atoms with E-state index in [4.69, 9.17) is 14.2 Å². The van der Waals surface area contributed by atoms with Crippen molar-refractivity contribution < 1.29 is 23.5 Å². The maximum absolute atomic E-state index is 10.7. The first-order valence-electron chi connectivity index (χ1n) is 3.83. The quantitative estimate of drug-likeness (QED) is 0.469. The second-order valence-corrected chi connectivity index (χ2v) is 5.15. The van der Waals surface area contributed by atoms with Gasteiger partial charge in [0.15, 0.2) is 0 Å². The average Bonchev–Trinajstić information content (AvgIpc) is 2.17. The van der Waals surface area contributed by atoms with Crippen LogP contribution in [0.15, 0.2) is 0 Å². The lowest BCUT2D eigenvalue weighted by Gasteiger charge is -2.12. The minimum Gasteiger partial charge on any atom is -0.369 e. The molecule has 1 amide bonds. The van der Waals surface area contributed by atoms with Crippen molar-refractivity contribution >= 4 is 24.4 Å². The normalized spacial score (nSPS) is 14.8. The van der Waals surface area contributed by atoms with E-state index >= 15 is 0 Å². The van der Waals surface area contributed by atoms with E-state index in [1.807, 2.05) is 0 Å². The molecule has 0 aliphatic rings. The first-order chi connectivity index (χ1) is 6.52. The van der Waals surface area contributed by atoms with Crippen LogP contribution in [-0.4, -0.2) is 44.8 Å². The molecule has 0 rings (SSSR count). The monoisotopic (exact) mass is 243 g/mol. The fourth-order valence-electron chi connectivity index (χ4n) is 0.501. The Labute approximate surface area is 87.8 Å². The molecule has 0 aromatic carbocycles. The summed E-state index contributed by atoms with van der Waals surface area (Å²) in [6.45, 7) is -2.86. The highest BCUT2D eigenvalue weighted by molar-refractivity contribution is 8.07. The highest BCUT2D eigenvalue weighted by Crippen LogP contribution is 2.41. The SMILES string of the molecule is CNC(=O)COCCOP(O)(=S)OC. The van der Waals surface area contributed by atoms with Gasteiger partial charge in [-0.2, -0.15) is 0 Å². The average molecular weight is 243 g/mol. The Morgan fingerprint density at radius 1 is 1.57 bits per heavy atom. The van der Waals surface area contributed by atoms with Gasteiger partial charge in [-0.3, -0.25) is 4.79 Å². The van der Waals surface area contributed by atoms with Gasteiger partial charge in [0.05, 0.1) is 13.2 Å². The standard InChI is InChI=1S/C6H14NO5PS/c1-7-6(8)5-11-3-4-12-13(9,14)10-2/h3-5H2,1-2H3,(H,7,8)(H,9,14). The zero-order valence-corrected chi connectivity index (χ0v) is 9.77. The summed E-state index contributed by atoms with van der Waals surface area (Å²) in [6.07, 6.45) is 0. The maximum atomic E-state index is 10.7. The highest BCUT2D eigenvalue weighted by atomic mass is 32.5. The van der Waals surface area contributed by atoms with Gasteiger partial charge < -0.3 is 24.0 Å². The number of likely N-dealkylation sites (N-methyl/N-ethyl adjacent to an activating group) is 1. The maximum Gasteiger partial charge on any atom is 0.324 e. The van der Waals surface area contributed by atoms with Crippen LogP contribution in [-0.2, 0) is 30.4 Å². The first-order valence-corrected chi connectivity index (χ1v) is 6.42. The molecular formula is C6H14NO5PS. The molecule has 0 aromatic heterocycles. The third-order valence-electron chi connectivity index (χ3n) is 1.22. The Bertz CT molecular complexity index is 224. The number of nitrogens with one attached hydrogen (secondary N) is 1. The predicted molar refractivity (Wildman–Crippen MR) is 54.4 cm³/mol. The van der Waals surface area contributed by atoms with E-state index in [-0.39, 0.29) is 25.7 Å². The van der Waals surface area contributed by atoms with E-state index in [2.05, 4.69) is 21.6 Å². The summed E-state index contributed by atoms with van der Waals surface area (Å²) >= 11 is 4.56. The van der Waals surface area contributed by atoms with Crippen molar-refractivity contribution in [1.82, 2.24) is 5.32 Å². The molecule has 0 aromatic rings. The minimum absolute atomic E-state index is 0.0405. The molecule has 0 fully saturated rings. The minimum atomic E-state index is -3.09. The van der Waals surface area contributed by atoms with Crippen LogP contribution in [0.2, 0.25) is 0 Å². The van der Waals surface area contributed by atoms with Gasteiger partial charge >= 0.3 is 6.72 Å². The Kier molecular flexibility index (Phi) is 7.26. The molecule has 14 heavy (non-hydrogen) atoms. The molecule has 0 saturated carbocycles. The van der Waals surface area contributed by atoms with Crippen LogP contribution < -0.4 is 5.32 Å². The lowest BCUT2D eigenvalue weighted by molar-refractivity contribution is -0.125. The Morgan fingerprint density at radius 2 is 2.21 bits per heavy atom. The molecular weight excluding hydrogens is 229 g/mol. The van der Waals surface area contributed by atoms with E-state index in [0.717, 1.165) is 0 Å². The van der Waals surface area contributed by atoms with Crippen molar-refractivity contribution in [3.8, 4) is 0 Å². The van der Waals surface area contributed by atoms with Crippen molar-refractivity contribution in [3.63, 3.8) is 0 Å². The van der Waals surface area contributed by atoms with Crippen LogP contribution in [0.1, 0.15) is 0 Å². The van der Waals surface area contributed by atoms with Gasteiger partial charge in [-0.05, 0) is 11.8 Å². The number of carbonyl (C=O) groups excluding carboxylic acids is 1. The third kappa shape index (κ3) is 7.37. The van der Waals surface area contributed by atoms with Crippen molar-refractivity contribution in [2.45, 2.75) is 0 Å². The summed E-state index contributed by atoms with van der Waals surface area (Å²) in [5.41, 5.74) is 0. The number of amides is 1. The molecule has 0 aliphatic heterocycles. The number of ether oxygens (including phenoxy) is 1. The largest absolute Gasteiger partial charge is 0.369 e. The van der Waals surface area contributed by atoms with Gasteiger partial charge in [-0.25, -0.2) is 0 Å². The molecule has 2 N–H and O–H groups in total. The molecule has 0 bridgehead atoms. The van der Waals surface area contributed by atoms with Gasteiger partial charge in [-0.15, -0.1) is 0 Å². The van der Waals surface area contributed by atoms with E-state index in [1.54, 1.807) is 0 Å². The second kappa shape index (κ2) is 7.28. The molecule has 0 heterocycles. The summed E-state index contributed by atoms with van der Waals surface area (Å²) in [6, 6.07) is 0. The van der Waals surface area contributed by atoms with E-state index in [1.165, 1.54) is 14.2 Å². The number of hydrogen-bond donors (Lipinski definition) is 2. The third-order valence-corrected chi connectivity index (χ3v) is 2.96. The van der Waals surface area contributed by atoms with Gasteiger partial charge in [-0.1, -0.05) is 0 Å². The lowest BCUT2D eigenvalue weighted by atomic mass is 10.6.